The lowest BCUT2D eigenvalue weighted by atomic mass is 9.70. The molecule has 7 heteroatoms. The molecule has 0 bridgehead atoms. The molecule has 2 unspecified atom stereocenters. The molecule has 0 aliphatic heterocycles. The van der Waals surface area contributed by atoms with Crippen molar-refractivity contribution in [1.82, 2.24) is 0 Å². The molecule has 0 spiro atoms. The fourth-order valence-electron chi connectivity index (χ4n) is 3.85. The lowest BCUT2D eigenvalue weighted by Gasteiger charge is -2.35. The van der Waals surface area contributed by atoms with Gasteiger partial charge in [-0.1, -0.05) is 54.0 Å². The predicted octanol–water partition coefficient (Wildman–Crippen LogP) is 4.33. The summed E-state index contributed by atoms with van der Waals surface area (Å²) < 4.78 is 4.97. The van der Waals surface area contributed by atoms with E-state index in [-0.39, 0.29) is 17.5 Å². The Morgan fingerprint density at radius 2 is 1.48 bits per heavy atom. The molecule has 0 aliphatic rings. The van der Waals surface area contributed by atoms with Crippen molar-refractivity contribution in [2.24, 2.45) is 23.2 Å². The zero-order chi connectivity index (χ0) is 21.3. The Labute approximate surface area is 169 Å². The summed E-state index contributed by atoms with van der Waals surface area (Å²) in [6.45, 7) is 17.2. The van der Waals surface area contributed by atoms with Gasteiger partial charge in [-0.25, -0.2) is 0 Å². The van der Waals surface area contributed by atoms with Crippen molar-refractivity contribution in [3.8, 4) is 0 Å². The standard InChI is InChI=1S/C20H44O5Si2/c1-8-9-13-26(21,22)25-27(23,24)14-11-10-12-20(7,15-17(2)3)16-19(6)18(4)5/h8,17-19,21-24H,1,9-16H2,2-7H3. The lowest BCUT2D eigenvalue weighted by Crippen LogP contribution is -2.52. The van der Waals surface area contributed by atoms with E-state index in [0.29, 0.717) is 30.6 Å². The molecule has 0 rings (SSSR count). The van der Waals surface area contributed by atoms with Crippen molar-refractivity contribution >= 4 is 17.6 Å². The van der Waals surface area contributed by atoms with E-state index in [4.69, 9.17) is 4.12 Å². The van der Waals surface area contributed by atoms with Crippen molar-refractivity contribution in [3.05, 3.63) is 12.7 Å². The van der Waals surface area contributed by atoms with Crippen LogP contribution in [-0.2, 0) is 4.12 Å². The molecular formula is C20H44O5Si2. The molecule has 5 nitrogen and oxygen atoms in total. The summed E-state index contributed by atoms with van der Waals surface area (Å²) in [5, 5.41) is 0. The Morgan fingerprint density at radius 1 is 0.926 bits per heavy atom. The van der Waals surface area contributed by atoms with Gasteiger partial charge < -0.3 is 23.3 Å². The molecule has 0 amide bonds. The highest BCUT2D eigenvalue weighted by Gasteiger charge is 2.44. The van der Waals surface area contributed by atoms with Crippen LogP contribution in [0.1, 0.15) is 80.1 Å². The zero-order valence-corrected chi connectivity index (χ0v) is 20.4. The maximum Gasteiger partial charge on any atom is 0.488 e. The molecule has 0 radical (unpaired) electrons. The molecule has 0 saturated heterocycles. The maximum atomic E-state index is 10.1. The van der Waals surface area contributed by atoms with E-state index < -0.39 is 17.6 Å². The van der Waals surface area contributed by atoms with E-state index in [2.05, 4.69) is 48.1 Å². The van der Waals surface area contributed by atoms with Gasteiger partial charge in [-0.3, -0.25) is 0 Å². The zero-order valence-electron chi connectivity index (χ0n) is 18.4. The third-order valence-electron chi connectivity index (χ3n) is 5.39. The monoisotopic (exact) mass is 420 g/mol. The van der Waals surface area contributed by atoms with Crippen LogP contribution < -0.4 is 0 Å². The first-order valence-electron chi connectivity index (χ1n) is 10.4. The van der Waals surface area contributed by atoms with Crippen molar-refractivity contribution in [2.75, 3.05) is 0 Å². The Kier molecular flexibility index (Phi) is 11.8. The summed E-state index contributed by atoms with van der Waals surface area (Å²) >= 11 is 0. The minimum atomic E-state index is -4.04. The molecule has 0 aliphatic carbocycles. The Morgan fingerprint density at radius 3 is 1.96 bits per heavy atom. The number of hydrogen-bond donors (Lipinski definition) is 4. The van der Waals surface area contributed by atoms with Crippen LogP contribution in [0.3, 0.4) is 0 Å². The topological polar surface area (TPSA) is 90.2 Å². The molecule has 0 aromatic rings. The second-order valence-electron chi connectivity index (χ2n) is 9.46. The predicted molar refractivity (Wildman–Crippen MR) is 116 cm³/mol. The van der Waals surface area contributed by atoms with Gasteiger partial charge in [-0.05, 0) is 55.3 Å². The van der Waals surface area contributed by atoms with Gasteiger partial charge in [0.2, 0.25) is 0 Å². The fraction of sp³-hybridized carbons (Fsp3) is 0.900. The van der Waals surface area contributed by atoms with Gasteiger partial charge in [0.1, 0.15) is 0 Å². The summed E-state index contributed by atoms with van der Waals surface area (Å²) in [5.41, 5.74) is 0.240. The third-order valence-corrected chi connectivity index (χ3v) is 9.95. The Balaban J connectivity index is 4.59. The molecule has 0 aromatic heterocycles. The third kappa shape index (κ3) is 12.9. The van der Waals surface area contributed by atoms with Crippen LogP contribution in [0.2, 0.25) is 12.1 Å². The van der Waals surface area contributed by atoms with Gasteiger partial charge in [0.25, 0.3) is 0 Å². The van der Waals surface area contributed by atoms with Gasteiger partial charge in [0.15, 0.2) is 0 Å². The molecule has 162 valence electrons. The van der Waals surface area contributed by atoms with Crippen LogP contribution in [0.5, 0.6) is 0 Å². The first-order valence-corrected chi connectivity index (χ1v) is 14.4. The number of unbranched alkanes of at least 4 members (excludes halogenated alkanes) is 1. The second kappa shape index (κ2) is 11.8. The highest BCUT2D eigenvalue weighted by Crippen LogP contribution is 2.40. The van der Waals surface area contributed by atoms with Gasteiger partial charge >= 0.3 is 17.6 Å². The van der Waals surface area contributed by atoms with Gasteiger partial charge in [-0.15, -0.1) is 6.58 Å². The molecule has 4 N–H and O–H groups in total. The van der Waals surface area contributed by atoms with E-state index >= 15 is 0 Å². The van der Waals surface area contributed by atoms with Crippen LogP contribution in [0.25, 0.3) is 0 Å². The smallest absolute Gasteiger partial charge is 0.390 e. The van der Waals surface area contributed by atoms with E-state index in [0.717, 1.165) is 19.3 Å². The molecule has 2 atom stereocenters. The summed E-state index contributed by atoms with van der Waals surface area (Å²) in [6, 6.07) is 0.111. The van der Waals surface area contributed by atoms with Crippen molar-refractivity contribution in [3.63, 3.8) is 0 Å². The second-order valence-corrected chi connectivity index (χ2v) is 14.2. The normalized spacial score (nSPS) is 16.6. The Hall–Kier alpha value is -0.0262. The van der Waals surface area contributed by atoms with Crippen LogP contribution in [0.4, 0.5) is 0 Å². The summed E-state index contributed by atoms with van der Waals surface area (Å²) in [6.07, 6.45) is 6.80. The molecule has 27 heavy (non-hydrogen) atoms. The number of hydrogen-bond acceptors (Lipinski definition) is 5. The summed E-state index contributed by atoms with van der Waals surface area (Å²) in [5.74, 6) is 1.94. The van der Waals surface area contributed by atoms with Crippen molar-refractivity contribution < 1.29 is 23.3 Å². The highest BCUT2D eigenvalue weighted by molar-refractivity contribution is 6.72. The number of allylic oxidation sites excluding steroid dienone is 1. The lowest BCUT2D eigenvalue weighted by molar-refractivity contribution is 0.148. The summed E-state index contributed by atoms with van der Waals surface area (Å²) in [7, 11) is -8.06. The van der Waals surface area contributed by atoms with E-state index in [1.807, 2.05) is 0 Å². The van der Waals surface area contributed by atoms with E-state index in [9.17, 15) is 19.2 Å². The summed E-state index contributed by atoms with van der Waals surface area (Å²) in [4.78, 5) is 39.9. The highest BCUT2D eigenvalue weighted by atomic mass is 28.5. The van der Waals surface area contributed by atoms with Crippen LogP contribution >= 0.6 is 0 Å². The van der Waals surface area contributed by atoms with Crippen LogP contribution in [-0.4, -0.2) is 36.8 Å². The largest absolute Gasteiger partial charge is 0.488 e. The average molecular weight is 421 g/mol. The van der Waals surface area contributed by atoms with E-state index in [1.165, 1.54) is 6.42 Å². The molecular weight excluding hydrogens is 376 g/mol. The van der Waals surface area contributed by atoms with Gasteiger partial charge in [-0.2, -0.15) is 0 Å². The minimum absolute atomic E-state index is 0.00587. The maximum absolute atomic E-state index is 10.1. The number of rotatable bonds is 15. The first-order chi connectivity index (χ1) is 12.2. The molecule has 0 aromatic carbocycles. The Bertz CT molecular complexity index is 427. The SMILES string of the molecule is C=CCC[Si](O)(O)O[Si](O)(O)CCCCC(C)(CC(C)C)CC(C)C(C)C. The van der Waals surface area contributed by atoms with Gasteiger partial charge in [0, 0.05) is 12.1 Å². The van der Waals surface area contributed by atoms with Crippen LogP contribution in [0.15, 0.2) is 12.7 Å². The van der Waals surface area contributed by atoms with Crippen molar-refractivity contribution in [1.29, 1.82) is 0 Å². The fourth-order valence-corrected chi connectivity index (χ4v) is 8.05. The molecule has 0 heterocycles. The average Bonchev–Trinajstić information content (AvgIpc) is 2.47. The first kappa shape index (κ1) is 27.0. The van der Waals surface area contributed by atoms with Crippen LogP contribution in [0, 0.1) is 23.2 Å². The van der Waals surface area contributed by atoms with E-state index in [1.54, 1.807) is 6.08 Å². The molecule has 0 saturated carbocycles. The quantitative estimate of drug-likeness (QED) is 0.180. The minimum Gasteiger partial charge on any atom is -0.390 e. The van der Waals surface area contributed by atoms with Gasteiger partial charge in [0.05, 0.1) is 0 Å². The van der Waals surface area contributed by atoms with Crippen molar-refractivity contribution in [2.45, 2.75) is 92.2 Å². The molecule has 0 fully saturated rings.